The zero-order valence-electron chi connectivity index (χ0n) is 11.7. The van der Waals surface area contributed by atoms with Crippen molar-refractivity contribution in [1.29, 1.82) is 0 Å². The summed E-state index contributed by atoms with van der Waals surface area (Å²) in [5.74, 6) is 1.09. The summed E-state index contributed by atoms with van der Waals surface area (Å²) in [6.45, 7) is 6.34. The molecule has 0 spiro atoms. The number of hydrogen-bond acceptors (Lipinski definition) is 2. The highest BCUT2D eigenvalue weighted by Gasteiger charge is 2.15. The smallest absolute Gasteiger partial charge is 0.122 e. The third kappa shape index (κ3) is 3.26. The van der Waals surface area contributed by atoms with E-state index in [1.54, 1.807) is 0 Å². The van der Waals surface area contributed by atoms with Gasteiger partial charge in [-0.2, -0.15) is 0 Å². The fourth-order valence-electron chi connectivity index (χ4n) is 2.64. The number of fused-ring (bicyclic) bond motifs is 1. The molecule has 0 aromatic heterocycles. The zero-order chi connectivity index (χ0) is 12.8. The molecule has 1 aromatic carbocycles. The average Bonchev–Trinajstić information content (AvgIpc) is 2.43. The average molecular weight is 247 g/mol. The van der Waals surface area contributed by atoms with Crippen molar-refractivity contribution in [3.63, 3.8) is 0 Å². The predicted molar refractivity (Wildman–Crippen MR) is 76.2 cm³/mol. The summed E-state index contributed by atoms with van der Waals surface area (Å²) in [4.78, 5) is 0. The standard InChI is InChI=1S/C16H25NO/c1-3-5-8-15(17-4-2)13-9-10-16-14(12-13)7-6-11-18-16/h9-10,12,15,17H,3-8,11H2,1-2H3. The Kier molecular flexibility index (Phi) is 5.06. The molecule has 1 atom stereocenters. The molecule has 0 saturated carbocycles. The van der Waals surface area contributed by atoms with E-state index in [2.05, 4.69) is 37.4 Å². The molecule has 0 radical (unpaired) electrons. The van der Waals surface area contributed by atoms with E-state index >= 15 is 0 Å². The van der Waals surface area contributed by atoms with Gasteiger partial charge in [0.25, 0.3) is 0 Å². The molecule has 100 valence electrons. The first-order valence-electron chi connectivity index (χ1n) is 7.34. The quantitative estimate of drug-likeness (QED) is 0.824. The molecule has 1 N–H and O–H groups in total. The highest BCUT2D eigenvalue weighted by Crippen LogP contribution is 2.29. The Balaban J connectivity index is 2.13. The summed E-state index contributed by atoms with van der Waals surface area (Å²) in [6, 6.07) is 7.23. The third-order valence-corrected chi connectivity index (χ3v) is 3.63. The lowest BCUT2D eigenvalue weighted by atomic mass is 9.96. The van der Waals surface area contributed by atoms with E-state index in [1.165, 1.54) is 30.4 Å². The highest BCUT2D eigenvalue weighted by atomic mass is 16.5. The van der Waals surface area contributed by atoms with Gasteiger partial charge in [-0.1, -0.05) is 38.8 Å². The number of hydrogen-bond donors (Lipinski definition) is 1. The van der Waals surface area contributed by atoms with Gasteiger partial charge in [0.15, 0.2) is 0 Å². The van der Waals surface area contributed by atoms with Crippen LogP contribution in [0.25, 0.3) is 0 Å². The van der Waals surface area contributed by atoms with Gasteiger partial charge in [0, 0.05) is 6.04 Å². The molecule has 0 aliphatic carbocycles. The van der Waals surface area contributed by atoms with Crippen molar-refractivity contribution < 1.29 is 4.74 Å². The van der Waals surface area contributed by atoms with Crippen molar-refractivity contribution in [3.8, 4) is 5.75 Å². The minimum Gasteiger partial charge on any atom is -0.493 e. The van der Waals surface area contributed by atoms with Crippen LogP contribution in [0.5, 0.6) is 5.75 Å². The molecule has 1 aromatic rings. The second kappa shape index (κ2) is 6.79. The number of rotatable bonds is 6. The zero-order valence-corrected chi connectivity index (χ0v) is 11.7. The molecule has 1 unspecified atom stereocenters. The Bertz CT molecular complexity index is 375. The largest absolute Gasteiger partial charge is 0.493 e. The lowest BCUT2D eigenvalue weighted by molar-refractivity contribution is 0.288. The van der Waals surface area contributed by atoms with Crippen LogP contribution in [0.15, 0.2) is 18.2 Å². The third-order valence-electron chi connectivity index (χ3n) is 3.63. The highest BCUT2D eigenvalue weighted by molar-refractivity contribution is 5.39. The van der Waals surface area contributed by atoms with E-state index in [9.17, 15) is 0 Å². The van der Waals surface area contributed by atoms with Crippen molar-refractivity contribution in [1.82, 2.24) is 5.32 Å². The van der Waals surface area contributed by atoms with Gasteiger partial charge in [-0.3, -0.25) is 0 Å². The summed E-state index contributed by atoms with van der Waals surface area (Å²) in [7, 11) is 0. The normalized spacial score (nSPS) is 15.9. The topological polar surface area (TPSA) is 21.3 Å². The van der Waals surface area contributed by atoms with Gasteiger partial charge >= 0.3 is 0 Å². The maximum absolute atomic E-state index is 5.68. The molecule has 2 rings (SSSR count). The molecule has 2 nitrogen and oxygen atoms in total. The van der Waals surface area contributed by atoms with Gasteiger partial charge in [-0.05, 0) is 43.0 Å². The van der Waals surface area contributed by atoms with Gasteiger partial charge in [0.1, 0.15) is 5.75 Å². The van der Waals surface area contributed by atoms with E-state index in [0.29, 0.717) is 6.04 Å². The van der Waals surface area contributed by atoms with Crippen molar-refractivity contribution >= 4 is 0 Å². The van der Waals surface area contributed by atoms with Gasteiger partial charge < -0.3 is 10.1 Å². The van der Waals surface area contributed by atoms with E-state index < -0.39 is 0 Å². The molecular formula is C16H25NO. The van der Waals surface area contributed by atoms with Crippen LogP contribution in [0.3, 0.4) is 0 Å². The maximum atomic E-state index is 5.68. The van der Waals surface area contributed by atoms with E-state index in [1.807, 2.05) is 0 Å². The number of aryl methyl sites for hydroxylation is 1. The molecule has 0 fully saturated rings. The second-order valence-corrected chi connectivity index (χ2v) is 5.07. The summed E-state index contributed by atoms with van der Waals surface area (Å²) in [5, 5.41) is 3.60. The first-order chi connectivity index (χ1) is 8.85. The Morgan fingerprint density at radius 3 is 3.00 bits per heavy atom. The fourth-order valence-corrected chi connectivity index (χ4v) is 2.64. The van der Waals surface area contributed by atoms with Crippen LogP contribution in [0.2, 0.25) is 0 Å². The molecule has 0 bridgehead atoms. The SMILES string of the molecule is CCCCC(NCC)c1ccc2c(c1)CCCO2. The van der Waals surface area contributed by atoms with Crippen LogP contribution in [0, 0.1) is 0 Å². The lowest BCUT2D eigenvalue weighted by Gasteiger charge is -2.22. The van der Waals surface area contributed by atoms with Crippen LogP contribution in [0.4, 0.5) is 0 Å². The second-order valence-electron chi connectivity index (χ2n) is 5.07. The minimum atomic E-state index is 0.502. The molecule has 1 aliphatic heterocycles. The van der Waals surface area contributed by atoms with Crippen molar-refractivity contribution in [2.45, 2.75) is 52.0 Å². The summed E-state index contributed by atoms with van der Waals surface area (Å²) in [5.41, 5.74) is 2.81. The summed E-state index contributed by atoms with van der Waals surface area (Å²) in [6.07, 6.45) is 6.08. The van der Waals surface area contributed by atoms with E-state index in [0.717, 1.165) is 31.7 Å². The Morgan fingerprint density at radius 2 is 2.22 bits per heavy atom. The molecule has 1 heterocycles. The summed E-state index contributed by atoms with van der Waals surface area (Å²) < 4.78 is 5.68. The van der Waals surface area contributed by atoms with Crippen LogP contribution in [0.1, 0.15) is 56.7 Å². The van der Waals surface area contributed by atoms with Gasteiger partial charge in [0.05, 0.1) is 6.61 Å². The monoisotopic (exact) mass is 247 g/mol. The Labute approximate surface area is 111 Å². The number of ether oxygens (including phenoxy) is 1. The summed E-state index contributed by atoms with van der Waals surface area (Å²) >= 11 is 0. The number of nitrogens with one attached hydrogen (secondary N) is 1. The van der Waals surface area contributed by atoms with Crippen LogP contribution < -0.4 is 10.1 Å². The lowest BCUT2D eigenvalue weighted by Crippen LogP contribution is -2.21. The molecule has 0 saturated heterocycles. The van der Waals surface area contributed by atoms with Crippen molar-refractivity contribution in [3.05, 3.63) is 29.3 Å². The van der Waals surface area contributed by atoms with Gasteiger partial charge in [0.2, 0.25) is 0 Å². The molecule has 18 heavy (non-hydrogen) atoms. The molecule has 1 aliphatic rings. The predicted octanol–water partition coefficient (Wildman–Crippen LogP) is 3.85. The molecular weight excluding hydrogens is 222 g/mol. The van der Waals surface area contributed by atoms with Crippen molar-refractivity contribution in [2.24, 2.45) is 0 Å². The fraction of sp³-hybridized carbons (Fsp3) is 0.625. The molecule has 2 heteroatoms. The minimum absolute atomic E-state index is 0.502. The van der Waals surface area contributed by atoms with Crippen molar-refractivity contribution in [2.75, 3.05) is 13.2 Å². The first-order valence-corrected chi connectivity index (χ1v) is 7.34. The number of benzene rings is 1. The first kappa shape index (κ1) is 13.4. The Hall–Kier alpha value is -1.02. The maximum Gasteiger partial charge on any atom is 0.122 e. The molecule has 0 amide bonds. The van der Waals surface area contributed by atoms with Gasteiger partial charge in [-0.15, -0.1) is 0 Å². The van der Waals surface area contributed by atoms with E-state index in [-0.39, 0.29) is 0 Å². The van der Waals surface area contributed by atoms with Crippen LogP contribution in [-0.2, 0) is 6.42 Å². The van der Waals surface area contributed by atoms with E-state index in [4.69, 9.17) is 4.74 Å². The van der Waals surface area contributed by atoms with Gasteiger partial charge in [-0.25, -0.2) is 0 Å². The number of unbranched alkanes of at least 4 members (excludes halogenated alkanes) is 1. The van der Waals surface area contributed by atoms with Crippen LogP contribution in [-0.4, -0.2) is 13.2 Å². The van der Waals surface area contributed by atoms with Crippen LogP contribution >= 0.6 is 0 Å². The Morgan fingerprint density at radius 1 is 1.33 bits per heavy atom.